The van der Waals surface area contributed by atoms with Crippen molar-refractivity contribution in [3.05, 3.63) is 0 Å². The predicted octanol–water partition coefficient (Wildman–Crippen LogP) is 2.64. The summed E-state index contributed by atoms with van der Waals surface area (Å²) in [6.45, 7) is 7.51. The highest BCUT2D eigenvalue weighted by molar-refractivity contribution is 4.81. The molecule has 2 rings (SSSR count). The molecule has 94 valence electrons. The van der Waals surface area contributed by atoms with E-state index in [1.165, 1.54) is 71.1 Å². The van der Waals surface area contributed by atoms with Crippen LogP contribution in [0.4, 0.5) is 0 Å². The number of likely N-dealkylation sites (tertiary alicyclic amines) is 1. The molecular formula is C14H28N2. The van der Waals surface area contributed by atoms with Gasteiger partial charge >= 0.3 is 0 Å². The second-order valence-electron chi connectivity index (χ2n) is 5.62. The van der Waals surface area contributed by atoms with Crippen LogP contribution in [0.5, 0.6) is 0 Å². The number of nitrogens with zero attached hydrogens (tertiary/aromatic N) is 1. The molecule has 0 spiro atoms. The smallest absolute Gasteiger partial charge is 0.0221 e. The average molecular weight is 224 g/mol. The van der Waals surface area contributed by atoms with Crippen molar-refractivity contribution in [2.75, 3.05) is 26.2 Å². The average Bonchev–Trinajstić information content (AvgIpc) is 2.57. The standard InChI is InChI=1S/C14H28N2/c1-2-5-13-6-4-10-16(11-8-13)14-7-3-9-15-12-14/h13-15H,2-12H2,1H3. The van der Waals surface area contributed by atoms with Crippen LogP contribution in [0, 0.1) is 5.92 Å². The summed E-state index contributed by atoms with van der Waals surface area (Å²) in [5.74, 6) is 1.02. The second kappa shape index (κ2) is 6.61. The molecule has 2 heterocycles. The Morgan fingerprint density at radius 3 is 2.81 bits per heavy atom. The molecule has 1 N–H and O–H groups in total. The molecule has 2 fully saturated rings. The molecule has 0 amide bonds. The van der Waals surface area contributed by atoms with Gasteiger partial charge in [-0.25, -0.2) is 0 Å². The lowest BCUT2D eigenvalue weighted by atomic mass is 9.96. The van der Waals surface area contributed by atoms with E-state index in [0.717, 1.165) is 12.0 Å². The molecule has 0 saturated carbocycles. The monoisotopic (exact) mass is 224 g/mol. The zero-order chi connectivity index (χ0) is 11.2. The highest BCUT2D eigenvalue weighted by Crippen LogP contribution is 2.24. The van der Waals surface area contributed by atoms with E-state index < -0.39 is 0 Å². The minimum atomic E-state index is 0.842. The molecule has 0 radical (unpaired) electrons. The summed E-state index contributed by atoms with van der Waals surface area (Å²) in [6, 6.07) is 0.842. The van der Waals surface area contributed by atoms with Gasteiger partial charge in [-0.05, 0) is 57.7 Å². The lowest BCUT2D eigenvalue weighted by Gasteiger charge is -2.33. The Balaban J connectivity index is 1.78. The molecule has 0 aromatic carbocycles. The van der Waals surface area contributed by atoms with Gasteiger partial charge < -0.3 is 5.32 Å². The number of nitrogens with one attached hydrogen (secondary N) is 1. The van der Waals surface area contributed by atoms with Crippen molar-refractivity contribution in [1.82, 2.24) is 10.2 Å². The van der Waals surface area contributed by atoms with Gasteiger partial charge in [0.05, 0.1) is 0 Å². The topological polar surface area (TPSA) is 15.3 Å². The van der Waals surface area contributed by atoms with Crippen LogP contribution >= 0.6 is 0 Å². The van der Waals surface area contributed by atoms with Crippen molar-refractivity contribution in [3.8, 4) is 0 Å². The molecule has 2 nitrogen and oxygen atoms in total. The zero-order valence-corrected chi connectivity index (χ0v) is 10.9. The second-order valence-corrected chi connectivity index (χ2v) is 5.62. The minimum Gasteiger partial charge on any atom is -0.315 e. The van der Waals surface area contributed by atoms with E-state index in [4.69, 9.17) is 0 Å². The summed E-state index contributed by atoms with van der Waals surface area (Å²) in [5.41, 5.74) is 0. The lowest BCUT2D eigenvalue weighted by Crippen LogP contribution is -2.46. The largest absolute Gasteiger partial charge is 0.315 e. The Morgan fingerprint density at radius 2 is 2.06 bits per heavy atom. The molecule has 16 heavy (non-hydrogen) atoms. The molecule has 2 heteroatoms. The zero-order valence-electron chi connectivity index (χ0n) is 10.9. The van der Waals surface area contributed by atoms with E-state index in [1.807, 2.05) is 0 Å². The third-order valence-corrected chi connectivity index (χ3v) is 4.37. The van der Waals surface area contributed by atoms with Crippen molar-refractivity contribution in [2.45, 2.75) is 57.9 Å². The lowest BCUT2D eigenvalue weighted by molar-refractivity contribution is 0.169. The van der Waals surface area contributed by atoms with E-state index in [0.29, 0.717) is 0 Å². The fourth-order valence-corrected chi connectivity index (χ4v) is 3.39. The van der Waals surface area contributed by atoms with Crippen molar-refractivity contribution in [2.24, 2.45) is 5.92 Å². The van der Waals surface area contributed by atoms with Crippen LogP contribution in [0.2, 0.25) is 0 Å². The summed E-state index contributed by atoms with van der Waals surface area (Å²) in [6.07, 6.45) is 9.98. The normalized spacial score (nSPS) is 33.6. The van der Waals surface area contributed by atoms with Crippen LogP contribution in [0.15, 0.2) is 0 Å². The summed E-state index contributed by atoms with van der Waals surface area (Å²) in [7, 11) is 0. The van der Waals surface area contributed by atoms with E-state index >= 15 is 0 Å². The van der Waals surface area contributed by atoms with Crippen LogP contribution in [0.25, 0.3) is 0 Å². The summed E-state index contributed by atoms with van der Waals surface area (Å²) in [4.78, 5) is 2.77. The third-order valence-electron chi connectivity index (χ3n) is 4.37. The molecule has 2 aliphatic rings. The first kappa shape index (κ1) is 12.4. The fourth-order valence-electron chi connectivity index (χ4n) is 3.39. The maximum atomic E-state index is 3.55. The summed E-state index contributed by atoms with van der Waals surface area (Å²) in [5, 5.41) is 3.55. The Kier molecular flexibility index (Phi) is 5.11. The van der Waals surface area contributed by atoms with Crippen LogP contribution in [-0.4, -0.2) is 37.1 Å². The van der Waals surface area contributed by atoms with Crippen molar-refractivity contribution < 1.29 is 0 Å². The number of hydrogen-bond acceptors (Lipinski definition) is 2. The van der Waals surface area contributed by atoms with E-state index in [9.17, 15) is 0 Å². The molecule has 2 aliphatic heterocycles. The first-order valence-corrected chi connectivity index (χ1v) is 7.35. The van der Waals surface area contributed by atoms with Gasteiger partial charge in [-0.1, -0.05) is 19.8 Å². The summed E-state index contributed by atoms with van der Waals surface area (Å²) < 4.78 is 0. The number of hydrogen-bond donors (Lipinski definition) is 1. The molecule has 0 aliphatic carbocycles. The first-order valence-electron chi connectivity index (χ1n) is 7.35. The Labute approximate surface area is 101 Å². The fraction of sp³-hybridized carbons (Fsp3) is 1.00. The van der Waals surface area contributed by atoms with Gasteiger partial charge in [0, 0.05) is 12.6 Å². The number of piperidine rings is 1. The number of rotatable bonds is 3. The van der Waals surface area contributed by atoms with Gasteiger partial charge in [-0.2, -0.15) is 0 Å². The SMILES string of the molecule is CCCC1CCCN(C2CCCNC2)CC1. The molecule has 2 unspecified atom stereocenters. The maximum Gasteiger partial charge on any atom is 0.0221 e. The van der Waals surface area contributed by atoms with Crippen molar-refractivity contribution in [1.29, 1.82) is 0 Å². The maximum absolute atomic E-state index is 3.55. The van der Waals surface area contributed by atoms with Crippen molar-refractivity contribution in [3.63, 3.8) is 0 Å². The van der Waals surface area contributed by atoms with E-state index in [2.05, 4.69) is 17.1 Å². The highest BCUT2D eigenvalue weighted by Gasteiger charge is 2.23. The van der Waals surface area contributed by atoms with Crippen LogP contribution in [-0.2, 0) is 0 Å². The first-order chi connectivity index (χ1) is 7.90. The summed E-state index contributed by atoms with van der Waals surface area (Å²) >= 11 is 0. The van der Waals surface area contributed by atoms with Gasteiger partial charge in [0.1, 0.15) is 0 Å². The van der Waals surface area contributed by atoms with E-state index in [-0.39, 0.29) is 0 Å². The Hall–Kier alpha value is -0.0800. The third kappa shape index (κ3) is 3.46. The Bertz CT molecular complexity index is 187. The molecule has 2 atom stereocenters. The van der Waals surface area contributed by atoms with Gasteiger partial charge in [-0.15, -0.1) is 0 Å². The van der Waals surface area contributed by atoms with Crippen LogP contribution < -0.4 is 5.32 Å². The van der Waals surface area contributed by atoms with Crippen molar-refractivity contribution >= 4 is 0 Å². The van der Waals surface area contributed by atoms with Crippen LogP contribution in [0.3, 0.4) is 0 Å². The quantitative estimate of drug-likeness (QED) is 0.793. The van der Waals surface area contributed by atoms with Gasteiger partial charge in [-0.3, -0.25) is 4.90 Å². The Morgan fingerprint density at radius 1 is 1.12 bits per heavy atom. The molecular weight excluding hydrogens is 196 g/mol. The molecule has 0 aromatic heterocycles. The molecule has 2 saturated heterocycles. The van der Waals surface area contributed by atoms with Crippen LogP contribution in [0.1, 0.15) is 51.9 Å². The van der Waals surface area contributed by atoms with Gasteiger partial charge in [0.15, 0.2) is 0 Å². The predicted molar refractivity (Wildman–Crippen MR) is 69.7 cm³/mol. The molecule has 0 bridgehead atoms. The van der Waals surface area contributed by atoms with Gasteiger partial charge in [0.25, 0.3) is 0 Å². The highest BCUT2D eigenvalue weighted by atomic mass is 15.2. The minimum absolute atomic E-state index is 0.842. The molecule has 0 aromatic rings. The van der Waals surface area contributed by atoms with E-state index in [1.54, 1.807) is 0 Å². The van der Waals surface area contributed by atoms with Gasteiger partial charge in [0.2, 0.25) is 0 Å².